The molecule has 0 saturated carbocycles. The zero-order valence-electron chi connectivity index (χ0n) is 13.9. The van der Waals surface area contributed by atoms with E-state index in [1.54, 1.807) is 37.4 Å². The number of benzene rings is 2. The standard InChI is InChI=1S/C19H19N3O3/c1-22(12-18(24)20-15-5-3-2-4-6-15)19(25)14-7-9-16-13(11-14)8-10-17(23)21-16/h2-7,9,11H,8,10,12H2,1H3,(H,20,24)(H,21,23). The van der Waals surface area contributed by atoms with E-state index < -0.39 is 0 Å². The average molecular weight is 337 g/mol. The molecule has 2 aromatic carbocycles. The summed E-state index contributed by atoms with van der Waals surface area (Å²) in [5.41, 5.74) is 2.88. The summed E-state index contributed by atoms with van der Waals surface area (Å²) in [6.07, 6.45) is 1.03. The molecule has 1 aliphatic heterocycles. The second-order valence-electron chi connectivity index (χ2n) is 6.00. The molecule has 0 fully saturated rings. The monoisotopic (exact) mass is 337 g/mol. The first-order chi connectivity index (χ1) is 12.0. The number of hydrogen-bond donors (Lipinski definition) is 2. The molecule has 128 valence electrons. The van der Waals surface area contributed by atoms with Crippen molar-refractivity contribution in [2.75, 3.05) is 24.2 Å². The Bertz CT molecular complexity index is 818. The number of anilines is 2. The van der Waals surface area contributed by atoms with Gasteiger partial charge in [0, 0.05) is 30.4 Å². The van der Waals surface area contributed by atoms with E-state index in [2.05, 4.69) is 10.6 Å². The largest absolute Gasteiger partial charge is 0.332 e. The molecule has 3 rings (SSSR count). The summed E-state index contributed by atoms with van der Waals surface area (Å²) >= 11 is 0. The molecular weight excluding hydrogens is 318 g/mol. The molecular formula is C19H19N3O3. The number of likely N-dealkylation sites (N-methyl/N-ethyl adjacent to an activating group) is 1. The lowest BCUT2D eigenvalue weighted by atomic mass is 10.00. The van der Waals surface area contributed by atoms with Gasteiger partial charge in [-0.15, -0.1) is 0 Å². The van der Waals surface area contributed by atoms with Crippen molar-refractivity contribution in [2.45, 2.75) is 12.8 Å². The fraction of sp³-hybridized carbons (Fsp3) is 0.211. The number of carbonyl (C=O) groups is 3. The molecule has 0 bridgehead atoms. The molecule has 0 radical (unpaired) electrons. The Labute approximate surface area is 145 Å². The van der Waals surface area contributed by atoms with Crippen LogP contribution in [0.15, 0.2) is 48.5 Å². The fourth-order valence-corrected chi connectivity index (χ4v) is 2.75. The van der Waals surface area contributed by atoms with E-state index in [1.165, 1.54) is 4.90 Å². The number of carbonyl (C=O) groups excluding carboxylic acids is 3. The zero-order valence-corrected chi connectivity index (χ0v) is 13.9. The number of amides is 3. The van der Waals surface area contributed by atoms with Gasteiger partial charge in [0.1, 0.15) is 0 Å². The number of aryl methyl sites for hydroxylation is 1. The van der Waals surface area contributed by atoms with Crippen LogP contribution in [0.3, 0.4) is 0 Å². The number of rotatable bonds is 4. The summed E-state index contributed by atoms with van der Waals surface area (Å²) in [5, 5.41) is 5.54. The van der Waals surface area contributed by atoms with E-state index in [1.807, 2.05) is 18.2 Å². The fourth-order valence-electron chi connectivity index (χ4n) is 2.75. The van der Waals surface area contributed by atoms with Gasteiger partial charge in [-0.05, 0) is 42.3 Å². The van der Waals surface area contributed by atoms with E-state index in [4.69, 9.17) is 0 Å². The van der Waals surface area contributed by atoms with Crippen LogP contribution in [0.25, 0.3) is 0 Å². The zero-order chi connectivity index (χ0) is 17.8. The third-order valence-electron chi connectivity index (χ3n) is 4.03. The van der Waals surface area contributed by atoms with Crippen LogP contribution in [-0.2, 0) is 16.0 Å². The SMILES string of the molecule is CN(CC(=O)Nc1ccccc1)C(=O)c1ccc2c(c1)CCC(=O)N2. The van der Waals surface area contributed by atoms with Gasteiger partial charge < -0.3 is 15.5 Å². The highest BCUT2D eigenvalue weighted by Gasteiger charge is 2.19. The number of nitrogens with zero attached hydrogens (tertiary/aromatic N) is 1. The molecule has 0 aliphatic carbocycles. The van der Waals surface area contributed by atoms with Crippen molar-refractivity contribution in [3.8, 4) is 0 Å². The molecule has 6 heteroatoms. The van der Waals surface area contributed by atoms with Crippen LogP contribution in [0.1, 0.15) is 22.3 Å². The molecule has 0 unspecified atom stereocenters. The Morgan fingerprint density at radius 2 is 1.88 bits per heavy atom. The van der Waals surface area contributed by atoms with Crippen molar-refractivity contribution < 1.29 is 14.4 Å². The van der Waals surface area contributed by atoms with E-state index in [9.17, 15) is 14.4 Å². The van der Waals surface area contributed by atoms with Crippen molar-refractivity contribution in [1.29, 1.82) is 0 Å². The van der Waals surface area contributed by atoms with Gasteiger partial charge in [0.05, 0.1) is 6.54 Å². The smallest absolute Gasteiger partial charge is 0.254 e. The van der Waals surface area contributed by atoms with Crippen molar-refractivity contribution in [2.24, 2.45) is 0 Å². The van der Waals surface area contributed by atoms with Crippen LogP contribution < -0.4 is 10.6 Å². The number of fused-ring (bicyclic) bond motifs is 1. The predicted octanol–water partition coefficient (Wildman–Crippen LogP) is 2.28. The quantitative estimate of drug-likeness (QED) is 0.898. The predicted molar refractivity (Wildman–Crippen MR) is 95.4 cm³/mol. The minimum Gasteiger partial charge on any atom is -0.332 e. The Balaban J connectivity index is 1.64. The van der Waals surface area contributed by atoms with Gasteiger partial charge in [0.15, 0.2) is 0 Å². The van der Waals surface area contributed by atoms with Crippen LogP contribution in [0.5, 0.6) is 0 Å². The van der Waals surface area contributed by atoms with Crippen LogP contribution in [0.2, 0.25) is 0 Å². The second-order valence-corrected chi connectivity index (χ2v) is 6.00. The maximum absolute atomic E-state index is 12.5. The van der Waals surface area contributed by atoms with Gasteiger partial charge in [-0.25, -0.2) is 0 Å². The molecule has 2 aromatic rings. The maximum atomic E-state index is 12.5. The summed E-state index contributed by atoms with van der Waals surface area (Å²) in [6.45, 7) is -0.0401. The van der Waals surface area contributed by atoms with Crippen molar-refractivity contribution >= 4 is 29.1 Å². The summed E-state index contributed by atoms with van der Waals surface area (Å²) in [4.78, 5) is 37.4. The second kappa shape index (κ2) is 7.17. The summed E-state index contributed by atoms with van der Waals surface area (Å²) < 4.78 is 0. The minimum atomic E-state index is -0.257. The lowest BCUT2D eigenvalue weighted by Gasteiger charge is -2.20. The van der Waals surface area contributed by atoms with Gasteiger partial charge in [-0.1, -0.05) is 18.2 Å². The lowest BCUT2D eigenvalue weighted by Crippen LogP contribution is -2.35. The van der Waals surface area contributed by atoms with Crippen LogP contribution in [0.4, 0.5) is 11.4 Å². The normalized spacial score (nSPS) is 12.8. The van der Waals surface area contributed by atoms with Gasteiger partial charge in [0.25, 0.3) is 5.91 Å². The van der Waals surface area contributed by atoms with Crippen molar-refractivity contribution in [3.05, 3.63) is 59.7 Å². The first-order valence-corrected chi connectivity index (χ1v) is 8.06. The summed E-state index contributed by atoms with van der Waals surface area (Å²) in [5.74, 6) is -0.503. The Kier molecular flexibility index (Phi) is 4.79. The number of nitrogens with one attached hydrogen (secondary N) is 2. The van der Waals surface area contributed by atoms with Crippen molar-refractivity contribution in [3.63, 3.8) is 0 Å². The van der Waals surface area contributed by atoms with E-state index >= 15 is 0 Å². The van der Waals surface area contributed by atoms with Crippen LogP contribution >= 0.6 is 0 Å². The molecule has 0 aromatic heterocycles. The van der Waals surface area contributed by atoms with E-state index in [0.717, 1.165) is 11.3 Å². The molecule has 0 saturated heterocycles. The van der Waals surface area contributed by atoms with Crippen molar-refractivity contribution in [1.82, 2.24) is 4.90 Å². The van der Waals surface area contributed by atoms with Gasteiger partial charge in [0.2, 0.25) is 11.8 Å². The first-order valence-electron chi connectivity index (χ1n) is 8.06. The molecule has 25 heavy (non-hydrogen) atoms. The Morgan fingerprint density at radius 3 is 2.64 bits per heavy atom. The lowest BCUT2D eigenvalue weighted by molar-refractivity contribution is -0.117. The van der Waals surface area contributed by atoms with Gasteiger partial charge >= 0.3 is 0 Å². The maximum Gasteiger partial charge on any atom is 0.254 e. The third kappa shape index (κ3) is 4.03. The minimum absolute atomic E-state index is 0.0127. The topological polar surface area (TPSA) is 78.5 Å². The molecule has 6 nitrogen and oxygen atoms in total. The number of para-hydroxylation sites is 1. The summed E-state index contributed by atoms with van der Waals surface area (Å²) in [6, 6.07) is 14.3. The average Bonchev–Trinajstić information content (AvgIpc) is 2.61. The van der Waals surface area contributed by atoms with Crippen LogP contribution in [0, 0.1) is 0 Å². The van der Waals surface area contributed by atoms with E-state index in [0.29, 0.717) is 24.1 Å². The molecule has 0 atom stereocenters. The Hall–Kier alpha value is -3.15. The Morgan fingerprint density at radius 1 is 1.12 bits per heavy atom. The molecule has 0 spiro atoms. The molecule has 3 amide bonds. The molecule has 2 N–H and O–H groups in total. The van der Waals surface area contributed by atoms with Crippen LogP contribution in [-0.4, -0.2) is 36.2 Å². The highest BCUT2D eigenvalue weighted by atomic mass is 16.2. The van der Waals surface area contributed by atoms with Gasteiger partial charge in [-0.2, -0.15) is 0 Å². The van der Waals surface area contributed by atoms with E-state index in [-0.39, 0.29) is 24.3 Å². The number of hydrogen-bond acceptors (Lipinski definition) is 3. The highest BCUT2D eigenvalue weighted by Crippen LogP contribution is 2.24. The molecule has 1 heterocycles. The third-order valence-corrected chi connectivity index (χ3v) is 4.03. The van der Waals surface area contributed by atoms with Gasteiger partial charge in [-0.3, -0.25) is 14.4 Å². The summed E-state index contributed by atoms with van der Waals surface area (Å²) in [7, 11) is 1.59. The molecule has 1 aliphatic rings. The highest BCUT2D eigenvalue weighted by molar-refractivity contribution is 6.00. The first kappa shape index (κ1) is 16.7.